The Labute approximate surface area is 391 Å². The molecule has 2 aliphatic carbocycles. The predicted molar refractivity (Wildman–Crippen MR) is 244 cm³/mol. The van der Waals surface area contributed by atoms with Gasteiger partial charge in [0.15, 0.2) is 11.4 Å². The number of ether oxygens (including phenoxy) is 3. The number of carbonyl (C=O) groups is 4. The molecule has 4 atom stereocenters. The van der Waals surface area contributed by atoms with Crippen LogP contribution in [-0.4, -0.2) is 139 Å². The number of sulfonamides is 1. The summed E-state index contributed by atoms with van der Waals surface area (Å²) in [5.74, 6) is -3.12. The number of nitrogens with zero attached hydrogens (tertiary/aromatic N) is 4. The van der Waals surface area contributed by atoms with Gasteiger partial charge in [-0.05, 0) is 104 Å². The molecule has 2 saturated carbocycles. The summed E-state index contributed by atoms with van der Waals surface area (Å²) in [7, 11) is -2.02. The predicted octanol–water partition coefficient (Wildman–Crippen LogP) is 5.47. The number of nitrogens with one attached hydrogen (secondary N) is 3. The fourth-order valence-corrected chi connectivity index (χ4v) is 10.5. The minimum Gasteiger partial charge on any atom is -0.494 e. The molecule has 0 unspecified atom stereocenters. The van der Waals surface area contributed by atoms with Crippen molar-refractivity contribution in [2.75, 3.05) is 59.5 Å². The van der Waals surface area contributed by atoms with Crippen molar-refractivity contribution in [2.24, 2.45) is 5.92 Å². The second-order valence-electron chi connectivity index (χ2n) is 20.3. The maximum absolute atomic E-state index is 15.0. The highest BCUT2D eigenvalue weighted by Gasteiger charge is 2.64. The van der Waals surface area contributed by atoms with E-state index in [4.69, 9.17) is 14.2 Å². The van der Waals surface area contributed by atoms with Crippen LogP contribution in [0.5, 0.6) is 11.5 Å². The number of allylic oxidation sites excluding steroid dienone is 1. The largest absolute Gasteiger partial charge is 0.494 e. The second kappa shape index (κ2) is 19.4. The van der Waals surface area contributed by atoms with E-state index in [1.165, 1.54) is 13.0 Å². The number of aromatic nitrogens is 1. The third-order valence-electron chi connectivity index (χ3n) is 13.7. The molecule has 7 rings (SSSR count). The van der Waals surface area contributed by atoms with Gasteiger partial charge in [0.1, 0.15) is 35.1 Å². The number of pyridine rings is 1. The fourth-order valence-electron chi connectivity index (χ4n) is 9.20. The Hall–Kier alpha value is -4.69. The molecule has 1 aromatic heterocycles. The van der Waals surface area contributed by atoms with Crippen molar-refractivity contribution in [3.05, 3.63) is 41.6 Å². The number of aryl methyl sites for hydroxylation is 1. The van der Waals surface area contributed by atoms with E-state index >= 15 is 0 Å². The fraction of sp³-hybridized carbons (Fsp3) is 0.681. The number of halogens is 3. The van der Waals surface area contributed by atoms with E-state index in [2.05, 4.69) is 44.1 Å². The van der Waals surface area contributed by atoms with Crippen LogP contribution in [0.3, 0.4) is 0 Å². The van der Waals surface area contributed by atoms with Crippen LogP contribution in [0.1, 0.15) is 110 Å². The van der Waals surface area contributed by atoms with E-state index in [1.54, 1.807) is 39.0 Å². The van der Waals surface area contributed by atoms with Crippen LogP contribution in [0, 0.1) is 5.92 Å². The van der Waals surface area contributed by atoms with Crippen molar-refractivity contribution in [2.45, 2.75) is 139 Å². The highest BCUT2D eigenvalue weighted by atomic mass is 32.2. The minimum atomic E-state index is -4.94. The van der Waals surface area contributed by atoms with Gasteiger partial charge in [-0.1, -0.05) is 31.9 Å². The van der Waals surface area contributed by atoms with Gasteiger partial charge in [0.2, 0.25) is 21.8 Å². The topological polar surface area (TPSA) is 189 Å². The number of carbonyl (C=O) groups excluding carboxylic acids is 4. The number of benzene rings is 1. The molecule has 67 heavy (non-hydrogen) atoms. The van der Waals surface area contributed by atoms with Gasteiger partial charge in [-0.3, -0.25) is 19.1 Å². The van der Waals surface area contributed by atoms with Crippen molar-refractivity contribution < 1.29 is 55.0 Å². The average molecular weight is 962 g/mol. The number of hydrogen-bond donors (Lipinski definition) is 3. The number of likely N-dealkylation sites (tertiary alicyclic amines) is 1. The summed E-state index contributed by atoms with van der Waals surface area (Å²) in [6, 6.07) is 3.35. The van der Waals surface area contributed by atoms with Crippen molar-refractivity contribution in [1.82, 2.24) is 35.0 Å². The Morgan fingerprint density at radius 1 is 1.01 bits per heavy atom. The molecular weight excluding hydrogens is 896 g/mol. The molecule has 4 fully saturated rings. The molecule has 370 valence electrons. The summed E-state index contributed by atoms with van der Waals surface area (Å²) in [6.45, 7) is 12.7. The average Bonchev–Trinajstić information content (AvgIpc) is 4.15. The summed E-state index contributed by atoms with van der Waals surface area (Å²) in [5.41, 5.74) is -5.01. The first-order valence-electron chi connectivity index (χ1n) is 23.6. The van der Waals surface area contributed by atoms with E-state index in [0.717, 1.165) is 63.3 Å². The van der Waals surface area contributed by atoms with Gasteiger partial charge >= 0.3 is 12.3 Å². The second-order valence-corrected chi connectivity index (χ2v) is 22.5. The van der Waals surface area contributed by atoms with E-state index in [0.29, 0.717) is 37.0 Å². The zero-order valence-corrected chi connectivity index (χ0v) is 40.3. The summed E-state index contributed by atoms with van der Waals surface area (Å²) >= 11 is 0. The number of rotatable bonds is 17. The third-order valence-corrected chi connectivity index (χ3v) is 15.8. The molecule has 1 spiro atoms. The number of piperazine rings is 1. The quantitative estimate of drug-likeness (QED) is 0.134. The molecule has 0 radical (unpaired) electrons. The van der Waals surface area contributed by atoms with Gasteiger partial charge in [0, 0.05) is 56.0 Å². The third kappa shape index (κ3) is 11.6. The van der Waals surface area contributed by atoms with Crippen LogP contribution in [0.15, 0.2) is 30.4 Å². The molecule has 2 saturated heterocycles. The van der Waals surface area contributed by atoms with Crippen LogP contribution in [0.4, 0.5) is 18.0 Å². The zero-order chi connectivity index (χ0) is 48.6. The van der Waals surface area contributed by atoms with Gasteiger partial charge in [-0.25, -0.2) is 18.2 Å². The number of hydrogen-bond acceptors (Lipinski definition) is 12. The minimum absolute atomic E-state index is 0.0602. The van der Waals surface area contributed by atoms with E-state index in [-0.39, 0.29) is 43.3 Å². The lowest BCUT2D eigenvalue weighted by atomic mass is 9.87. The lowest BCUT2D eigenvalue weighted by Crippen LogP contribution is -2.57. The summed E-state index contributed by atoms with van der Waals surface area (Å²) in [5, 5.41) is 5.62. The van der Waals surface area contributed by atoms with Crippen molar-refractivity contribution in [3.8, 4) is 11.5 Å². The van der Waals surface area contributed by atoms with E-state index in [1.807, 2.05) is 6.08 Å². The van der Waals surface area contributed by atoms with Crippen molar-refractivity contribution in [3.63, 3.8) is 0 Å². The smallest absolute Gasteiger partial charge is 0.437 e. The Morgan fingerprint density at radius 2 is 1.75 bits per heavy atom. The van der Waals surface area contributed by atoms with Crippen LogP contribution < -0.4 is 24.8 Å². The van der Waals surface area contributed by atoms with Gasteiger partial charge in [-0.2, -0.15) is 13.2 Å². The molecule has 20 heteroatoms. The molecule has 1 aromatic carbocycles. The monoisotopic (exact) mass is 961 g/mol. The normalized spacial score (nSPS) is 25.1. The Bertz CT molecular complexity index is 2350. The molecule has 2 aromatic rings. The van der Waals surface area contributed by atoms with Crippen LogP contribution >= 0.6 is 0 Å². The molecule has 4 heterocycles. The molecule has 5 aliphatic rings. The molecule has 4 amide bonds. The number of unbranched alkanes of at least 4 members (excludes halogenated alkanes) is 3. The van der Waals surface area contributed by atoms with Gasteiger partial charge in [-0.15, -0.1) is 0 Å². The lowest BCUT2D eigenvalue weighted by molar-refractivity contribution is -0.144. The van der Waals surface area contributed by atoms with E-state index < -0.39 is 91.5 Å². The van der Waals surface area contributed by atoms with Crippen LogP contribution in [0.2, 0.25) is 0 Å². The number of alkyl carbamates (subject to hydrolysis) is 1. The Kier molecular flexibility index (Phi) is 14.5. The first-order valence-corrected chi connectivity index (χ1v) is 25.0. The van der Waals surface area contributed by atoms with Gasteiger partial charge in [0.25, 0.3) is 5.91 Å². The van der Waals surface area contributed by atoms with E-state index in [9.17, 15) is 40.8 Å². The van der Waals surface area contributed by atoms with Crippen LogP contribution in [-0.2, 0) is 41.7 Å². The highest BCUT2D eigenvalue weighted by Crippen LogP contribution is 2.50. The van der Waals surface area contributed by atoms with Gasteiger partial charge < -0.3 is 39.5 Å². The number of amides is 4. The van der Waals surface area contributed by atoms with Crippen molar-refractivity contribution >= 4 is 44.7 Å². The summed E-state index contributed by atoms with van der Waals surface area (Å²) in [6.07, 6.45) is 2.85. The molecule has 3 aliphatic heterocycles. The first-order chi connectivity index (χ1) is 31.5. The number of likely N-dealkylation sites (N-methyl/N-ethyl adjacent to an activating group) is 1. The number of fused-ring (bicyclic) bond motifs is 3. The van der Waals surface area contributed by atoms with Gasteiger partial charge in [0.05, 0.1) is 23.4 Å². The molecule has 16 nitrogen and oxygen atoms in total. The molecular formula is C47H66F3N7O9S. The Morgan fingerprint density at radius 3 is 2.42 bits per heavy atom. The number of alkyl halides is 3. The Balaban J connectivity index is 1.16. The summed E-state index contributed by atoms with van der Waals surface area (Å²) in [4.78, 5) is 65.3. The van der Waals surface area contributed by atoms with Crippen molar-refractivity contribution in [1.29, 1.82) is 0 Å². The molecule has 0 bridgehead atoms. The van der Waals surface area contributed by atoms with Crippen LogP contribution in [0.25, 0.3) is 10.9 Å². The maximum atomic E-state index is 15.0. The maximum Gasteiger partial charge on any atom is 0.437 e. The molecule has 3 N–H and O–H groups in total. The zero-order valence-electron chi connectivity index (χ0n) is 39.5. The highest BCUT2D eigenvalue weighted by molar-refractivity contribution is 7.91. The standard InChI is InChI=1S/C47H66F3N7O9S/c1-7-8-9-10-11-13-31-27-46(31,41(60)54-67(62,63)44(5)18-19-44)53-40(59)36-28-45(30-57(36)37(58)29-51-42(61)66-43(2,3)4)17-16-33-34-26-32(64-25-12-20-56-23-21-55(6)22-24-56)14-15-35(34)52-39(38(33)65-45)47(48,49)50/h11,13-15,26,31,36H,7-10,12,16-25,27-30H2,1-6H3,(H,51,61)(H,53,59)(H,54,60)/b13-11-/t31-,36+,45-,46-/m1/s1. The first kappa shape index (κ1) is 50.2. The summed E-state index contributed by atoms with van der Waals surface area (Å²) < 4.78 is 90.3. The SMILES string of the molecule is CCCCC/C=C\[C@@H]1C[C@]1(NC(=O)[C@@H]1C[C@]2(CCc3c(c(C(F)(F)F)nc4ccc(OCCCN5CCN(C)CC5)cc34)O2)CN1C(=O)CNC(=O)OC(C)(C)C)C(=O)NS(=O)(=O)C1(C)CC1. The lowest BCUT2D eigenvalue weighted by Gasteiger charge is -2.37.